The highest BCUT2D eigenvalue weighted by Crippen LogP contribution is 2.64. The SMILES string of the molecule is COc1ccc(C2=C[C@@]3(c4ccccc4)[C@@H]4C(=O)[C@](C)(O)[C@@H](C=C4C(C)C)[C@H]3C2=O)cc1. The van der Waals surface area contributed by atoms with Crippen LogP contribution >= 0.6 is 0 Å². The molecule has 0 radical (unpaired) electrons. The highest BCUT2D eigenvalue weighted by molar-refractivity contribution is 6.26. The Morgan fingerprint density at radius 3 is 2.25 bits per heavy atom. The van der Waals surface area contributed by atoms with Crippen LogP contribution in [0.25, 0.3) is 5.57 Å². The van der Waals surface area contributed by atoms with Gasteiger partial charge in [0.15, 0.2) is 11.6 Å². The van der Waals surface area contributed by atoms with Gasteiger partial charge in [-0.25, -0.2) is 0 Å². The van der Waals surface area contributed by atoms with Crippen molar-refractivity contribution in [3.05, 3.63) is 83.4 Å². The molecule has 0 saturated heterocycles. The Hall–Kier alpha value is -2.98. The van der Waals surface area contributed by atoms with Crippen LogP contribution < -0.4 is 4.74 Å². The van der Waals surface area contributed by atoms with Crippen LogP contribution in [0.5, 0.6) is 5.75 Å². The van der Waals surface area contributed by atoms with Crippen LogP contribution in [0.1, 0.15) is 31.9 Å². The van der Waals surface area contributed by atoms with Gasteiger partial charge in [0.1, 0.15) is 11.4 Å². The first-order valence-electron chi connectivity index (χ1n) is 11.2. The summed E-state index contributed by atoms with van der Waals surface area (Å²) in [7, 11) is 1.61. The van der Waals surface area contributed by atoms with Gasteiger partial charge in [-0.05, 0) is 36.1 Å². The Balaban J connectivity index is 1.79. The molecule has 4 aliphatic rings. The van der Waals surface area contributed by atoms with E-state index in [4.69, 9.17) is 4.74 Å². The van der Waals surface area contributed by atoms with Crippen LogP contribution in [0.3, 0.4) is 0 Å². The lowest BCUT2D eigenvalue weighted by molar-refractivity contribution is -0.161. The highest BCUT2D eigenvalue weighted by atomic mass is 16.5. The topological polar surface area (TPSA) is 63.6 Å². The molecule has 4 aliphatic carbocycles. The minimum atomic E-state index is -1.56. The third-order valence-electron chi connectivity index (χ3n) is 7.74. The minimum Gasteiger partial charge on any atom is -0.497 e. The van der Waals surface area contributed by atoms with E-state index in [0.29, 0.717) is 5.57 Å². The van der Waals surface area contributed by atoms with Gasteiger partial charge in [0.25, 0.3) is 0 Å². The van der Waals surface area contributed by atoms with Crippen molar-refractivity contribution in [2.75, 3.05) is 7.11 Å². The van der Waals surface area contributed by atoms with Gasteiger partial charge >= 0.3 is 0 Å². The number of carbonyl (C=O) groups excluding carboxylic acids is 2. The fourth-order valence-electron chi connectivity index (χ4n) is 6.17. The molecule has 0 aliphatic heterocycles. The van der Waals surface area contributed by atoms with Crippen molar-refractivity contribution in [3.8, 4) is 5.75 Å². The summed E-state index contributed by atoms with van der Waals surface area (Å²) in [6, 6.07) is 17.3. The van der Waals surface area contributed by atoms with Gasteiger partial charge in [-0.2, -0.15) is 0 Å². The molecule has 0 amide bonds. The van der Waals surface area contributed by atoms with E-state index >= 15 is 0 Å². The molecule has 2 bridgehead atoms. The number of rotatable bonds is 4. The number of aliphatic hydroxyl groups is 1. The number of allylic oxidation sites excluding steroid dienone is 3. The number of carbonyl (C=O) groups is 2. The average Bonchev–Trinajstić information content (AvgIpc) is 3.12. The summed E-state index contributed by atoms with van der Waals surface area (Å²) < 4.78 is 5.28. The van der Waals surface area contributed by atoms with E-state index in [9.17, 15) is 14.7 Å². The number of benzene rings is 2. The smallest absolute Gasteiger partial charge is 0.173 e. The Morgan fingerprint density at radius 2 is 1.66 bits per heavy atom. The molecule has 32 heavy (non-hydrogen) atoms. The number of ketones is 2. The Bertz CT molecular complexity index is 1150. The molecule has 2 aromatic rings. The Labute approximate surface area is 188 Å². The Kier molecular flexibility index (Phi) is 4.58. The molecule has 2 aromatic carbocycles. The Morgan fingerprint density at radius 1 is 1.00 bits per heavy atom. The molecule has 5 atom stereocenters. The normalized spacial score (nSPS) is 33.2. The quantitative estimate of drug-likeness (QED) is 0.734. The maximum absolute atomic E-state index is 14.0. The van der Waals surface area contributed by atoms with Crippen molar-refractivity contribution in [3.63, 3.8) is 0 Å². The number of fused-ring (bicyclic) bond motifs is 1. The summed E-state index contributed by atoms with van der Waals surface area (Å²) in [5.41, 5.74) is 1.02. The highest BCUT2D eigenvalue weighted by Gasteiger charge is 2.70. The first-order chi connectivity index (χ1) is 15.2. The van der Waals surface area contributed by atoms with Crippen molar-refractivity contribution in [1.29, 1.82) is 0 Å². The van der Waals surface area contributed by atoms with E-state index in [0.717, 1.165) is 22.4 Å². The van der Waals surface area contributed by atoms with Gasteiger partial charge in [0, 0.05) is 22.8 Å². The molecule has 164 valence electrons. The molecule has 6 rings (SSSR count). The second-order valence-corrected chi connectivity index (χ2v) is 9.72. The summed E-state index contributed by atoms with van der Waals surface area (Å²) in [5.74, 6) is -1.02. The number of methoxy groups -OCH3 is 1. The molecule has 0 spiro atoms. The van der Waals surface area contributed by atoms with Crippen LogP contribution in [0.15, 0.2) is 72.3 Å². The van der Waals surface area contributed by atoms with Gasteiger partial charge in [0.2, 0.25) is 0 Å². The van der Waals surface area contributed by atoms with Gasteiger partial charge in [0.05, 0.1) is 13.0 Å². The second-order valence-electron chi connectivity index (χ2n) is 9.72. The zero-order valence-corrected chi connectivity index (χ0v) is 18.8. The third-order valence-corrected chi connectivity index (χ3v) is 7.74. The van der Waals surface area contributed by atoms with Crippen LogP contribution in [-0.2, 0) is 15.0 Å². The zero-order valence-electron chi connectivity index (χ0n) is 18.8. The molecular formula is C28H28O4. The predicted molar refractivity (Wildman–Crippen MR) is 123 cm³/mol. The number of hydrogen-bond donors (Lipinski definition) is 1. The minimum absolute atomic E-state index is 0.0131. The van der Waals surface area contributed by atoms with Crippen molar-refractivity contribution in [1.82, 2.24) is 0 Å². The second kappa shape index (κ2) is 7.01. The fourth-order valence-corrected chi connectivity index (χ4v) is 6.17. The average molecular weight is 429 g/mol. The number of Topliss-reactive ketones (excluding diaryl/α,β-unsaturated/α-hetero) is 2. The van der Waals surface area contributed by atoms with Crippen LogP contribution in [0.2, 0.25) is 0 Å². The number of ether oxygens (including phenoxy) is 1. The lowest BCUT2D eigenvalue weighted by Crippen LogP contribution is -2.66. The molecule has 1 saturated carbocycles. The van der Waals surface area contributed by atoms with E-state index in [-0.39, 0.29) is 17.5 Å². The van der Waals surface area contributed by atoms with Crippen molar-refractivity contribution < 1.29 is 19.4 Å². The molecular weight excluding hydrogens is 400 g/mol. The van der Waals surface area contributed by atoms with Gasteiger partial charge < -0.3 is 9.84 Å². The van der Waals surface area contributed by atoms with E-state index in [1.54, 1.807) is 14.0 Å². The van der Waals surface area contributed by atoms with Crippen LogP contribution in [0.4, 0.5) is 0 Å². The summed E-state index contributed by atoms with van der Waals surface area (Å²) in [5, 5.41) is 11.3. The molecule has 0 unspecified atom stereocenters. The van der Waals surface area contributed by atoms with Crippen molar-refractivity contribution in [2.45, 2.75) is 31.8 Å². The first kappa shape index (κ1) is 20.9. The summed E-state index contributed by atoms with van der Waals surface area (Å²) in [6.45, 7) is 5.73. The van der Waals surface area contributed by atoms with Gasteiger partial charge in [-0.15, -0.1) is 0 Å². The van der Waals surface area contributed by atoms with E-state index in [2.05, 4.69) is 13.8 Å². The van der Waals surface area contributed by atoms with E-state index < -0.39 is 28.8 Å². The largest absolute Gasteiger partial charge is 0.497 e. The zero-order chi connectivity index (χ0) is 22.8. The lowest BCUT2D eigenvalue weighted by Gasteiger charge is -2.57. The van der Waals surface area contributed by atoms with Gasteiger partial charge in [-0.3, -0.25) is 9.59 Å². The summed E-state index contributed by atoms with van der Waals surface area (Å²) in [6.07, 6.45) is 4.04. The maximum Gasteiger partial charge on any atom is 0.173 e. The standard InChI is InChI=1S/C28H28O4/c1-16(2)20-14-22-24-25(29)21(17-10-12-19(32-4)13-11-17)15-28(24,18-8-6-5-7-9-18)23(20)26(30)27(22,3)31/h5-16,22-24,31H,1-4H3/t22-,23-,24-,27+,28+/m0/s1. The number of hydrogen-bond acceptors (Lipinski definition) is 4. The molecule has 4 heteroatoms. The van der Waals surface area contributed by atoms with Crippen molar-refractivity contribution >= 4 is 17.1 Å². The fraction of sp³-hybridized carbons (Fsp3) is 0.357. The monoisotopic (exact) mass is 428 g/mol. The van der Waals surface area contributed by atoms with Gasteiger partial charge in [-0.1, -0.05) is 74.0 Å². The maximum atomic E-state index is 14.0. The molecule has 4 nitrogen and oxygen atoms in total. The molecule has 1 fully saturated rings. The third kappa shape index (κ3) is 2.59. The first-order valence-corrected chi connectivity index (χ1v) is 11.2. The molecule has 0 heterocycles. The van der Waals surface area contributed by atoms with E-state index in [1.165, 1.54) is 0 Å². The predicted octanol–water partition coefficient (Wildman–Crippen LogP) is 4.38. The molecule has 1 N–H and O–H groups in total. The lowest BCUT2D eigenvalue weighted by atomic mass is 9.44. The van der Waals surface area contributed by atoms with Crippen LogP contribution in [0, 0.1) is 23.7 Å². The molecule has 0 aromatic heterocycles. The van der Waals surface area contributed by atoms with Crippen LogP contribution in [-0.4, -0.2) is 29.4 Å². The van der Waals surface area contributed by atoms with E-state index in [1.807, 2.05) is 66.7 Å². The van der Waals surface area contributed by atoms with Crippen molar-refractivity contribution in [2.24, 2.45) is 23.7 Å². The summed E-state index contributed by atoms with van der Waals surface area (Å²) >= 11 is 0. The summed E-state index contributed by atoms with van der Waals surface area (Å²) in [4.78, 5) is 27.7.